The molecule has 0 aliphatic heterocycles. The highest BCUT2D eigenvalue weighted by Crippen LogP contribution is 2.30. The predicted molar refractivity (Wildman–Crippen MR) is 91.0 cm³/mol. The molecule has 0 spiro atoms. The van der Waals surface area contributed by atoms with Crippen LogP contribution in [0.3, 0.4) is 0 Å². The third kappa shape index (κ3) is 4.67. The lowest BCUT2D eigenvalue weighted by Crippen LogP contribution is -2.20. The van der Waals surface area contributed by atoms with E-state index in [-0.39, 0.29) is 17.1 Å². The molecular formula is C18H16N2O2S. The van der Waals surface area contributed by atoms with Gasteiger partial charge in [-0.15, -0.1) is 11.8 Å². The highest BCUT2D eigenvalue weighted by atomic mass is 32.2. The zero-order chi connectivity index (χ0) is 17.4. The smallest absolute Gasteiger partial charge is 0.145 e. The number of nitriles is 2. The summed E-state index contributed by atoms with van der Waals surface area (Å²) in [5.74, 6) is -1.40. The standard InChI is InChI=1S/C18H16N2O2S/c1-12(21)18(13(2)22)17(23-3)9-16(15(10-19)11-20)14-7-5-4-6-8-14/h4-9,18H,1-3H3. The Bertz CT molecular complexity index is 719. The summed E-state index contributed by atoms with van der Waals surface area (Å²) >= 11 is 1.26. The number of allylic oxidation sites excluding steroid dienone is 4. The fourth-order valence-electron chi connectivity index (χ4n) is 2.15. The van der Waals surface area contributed by atoms with Gasteiger partial charge in [0.15, 0.2) is 0 Å². The van der Waals surface area contributed by atoms with Crippen LogP contribution in [0, 0.1) is 28.6 Å². The summed E-state index contributed by atoms with van der Waals surface area (Å²) in [6.45, 7) is 2.72. The van der Waals surface area contributed by atoms with Crippen molar-refractivity contribution in [1.29, 1.82) is 10.5 Å². The van der Waals surface area contributed by atoms with E-state index >= 15 is 0 Å². The number of hydrogen-bond donors (Lipinski definition) is 0. The van der Waals surface area contributed by atoms with E-state index in [1.165, 1.54) is 25.6 Å². The van der Waals surface area contributed by atoms with Crippen molar-refractivity contribution in [2.75, 3.05) is 6.26 Å². The molecule has 23 heavy (non-hydrogen) atoms. The number of benzene rings is 1. The second-order valence-electron chi connectivity index (χ2n) is 4.78. The van der Waals surface area contributed by atoms with Gasteiger partial charge in [0.2, 0.25) is 0 Å². The monoisotopic (exact) mass is 324 g/mol. The molecule has 116 valence electrons. The molecule has 1 aromatic rings. The molecule has 0 aromatic heterocycles. The number of rotatable bonds is 6. The zero-order valence-electron chi connectivity index (χ0n) is 13.2. The van der Waals surface area contributed by atoms with Crippen LogP contribution in [0.1, 0.15) is 19.4 Å². The van der Waals surface area contributed by atoms with E-state index in [1.807, 2.05) is 18.2 Å². The van der Waals surface area contributed by atoms with Crippen molar-refractivity contribution < 1.29 is 9.59 Å². The summed E-state index contributed by atoms with van der Waals surface area (Å²) < 4.78 is 0. The molecule has 4 nitrogen and oxygen atoms in total. The second kappa shape index (κ2) is 8.73. The zero-order valence-corrected chi connectivity index (χ0v) is 14.0. The van der Waals surface area contributed by atoms with Crippen LogP contribution in [0.2, 0.25) is 0 Å². The van der Waals surface area contributed by atoms with E-state index in [4.69, 9.17) is 0 Å². The average molecular weight is 324 g/mol. The summed E-state index contributed by atoms with van der Waals surface area (Å²) in [7, 11) is 0. The van der Waals surface area contributed by atoms with Crippen molar-refractivity contribution in [1.82, 2.24) is 0 Å². The fourth-order valence-corrected chi connectivity index (χ4v) is 2.96. The van der Waals surface area contributed by atoms with E-state index in [0.29, 0.717) is 16.0 Å². The second-order valence-corrected chi connectivity index (χ2v) is 5.66. The number of carbonyl (C=O) groups is 2. The molecule has 1 rings (SSSR count). The maximum Gasteiger partial charge on any atom is 0.145 e. The maximum absolute atomic E-state index is 11.8. The van der Waals surface area contributed by atoms with E-state index in [2.05, 4.69) is 0 Å². The van der Waals surface area contributed by atoms with E-state index < -0.39 is 5.92 Å². The Morgan fingerprint density at radius 2 is 1.61 bits per heavy atom. The van der Waals surface area contributed by atoms with Crippen molar-refractivity contribution in [3.05, 3.63) is 52.4 Å². The maximum atomic E-state index is 11.8. The summed E-state index contributed by atoms with van der Waals surface area (Å²) in [5.41, 5.74) is 1.03. The van der Waals surface area contributed by atoms with Gasteiger partial charge in [-0.25, -0.2) is 0 Å². The van der Waals surface area contributed by atoms with E-state index in [0.717, 1.165) is 0 Å². The molecular weight excluding hydrogens is 308 g/mol. The SMILES string of the molecule is CSC(=CC(=C(C#N)C#N)c1ccccc1)C(C(C)=O)C(C)=O. The van der Waals surface area contributed by atoms with Gasteiger partial charge in [-0.2, -0.15) is 10.5 Å². The lowest BCUT2D eigenvalue weighted by atomic mass is 9.95. The van der Waals surface area contributed by atoms with Crippen molar-refractivity contribution in [3.8, 4) is 12.1 Å². The minimum Gasteiger partial charge on any atom is -0.299 e. The van der Waals surface area contributed by atoms with Gasteiger partial charge in [-0.1, -0.05) is 30.3 Å². The first-order chi connectivity index (χ1) is 11.0. The molecule has 0 saturated carbocycles. The first-order valence-electron chi connectivity index (χ1n) is 6.82. The Balaban J connectivity index is 3.59. The minimum absolute atomic E-state index is 0.0615. The number of Topliss-reactive ketones (excluding diaryl/α,β-unsaturated/α-hetero) is 2. The predicted octanol–water partition coefficient (Wildman–Crippen LogP) is 3.53. The van der Waals surface area contributed by atoms with Gasteiger partial charge in [0, 0.05) is 10.5 Å². The third-order valence-electron chi connectivity index (χ3n) is 3.20. The molecule has 0 saturated heterocycles. The summed E-state index contributed by atoms with van der Waals surface area (Å²) in [4.78, 5) is 24.1. The van der Waals surface area contributed by atoms with Crippen LogP contribution < -0.4 is 0 Å². The van der Waals surface area contributed by atoms with Crippen molar-refractivity contribution in [2.45, 2.75) is 13.8 Å². The lowest BCUT2D eigenvalue weighted by molar-refractivity contribution is -0.128. The molecule has 5 heteroatoms. The van der Waals surface area contributed by atoms with Crippen molar-refractivity contribution >= 4 is 28.9 Å². The molecule has 0 fully saturated rings. The Hall–Kier alpha value is -2.63. The van der Waals surface area contributed by atoms with Gasteiger partial charge in [-0.3, -0.25) is 9.59 Å². The normalized spacial score (nSPS) is 10.6. The summed E-state index contributed by atoms with van der Waals surface area (Å²) in [6, 6.07) is 12.7. The number of ketones is 2. The Morgan fingerprint density at radius 1 is 1.09 bits per heavy atom. The Labute approximate surface area is 140 Å². The van der Waals surface area contributed by atoms with Crippen LogP contribution in [0.25, 0.3) is 5.57 Å². The van der Waals surface area contributed by atoms with Gasteiger partial charge in [0.05, 0.1) is 0 Å². The van der Waals surface area contributed by atoms with Gasteiger partial charge >= 0.3 is 0 Å². The fraction of sp³-hybridized carbons (Fsp3) is 0.222. The molecule has 1 aromatic carbocycles. The van der Waals surface area contributed by atoms with Gasteiger partial charge in [-0.05, 0) is 31.7 Å². The van der Waals surface area contributed by atoms with Crippen LogP contribution in [0.4, 0.5) is 0 Å². The van der Waals surface area contributed by atoms with Crippen LogP contribution >= 0.6 is 11.8 Å². The van der Waals surface area contributed by atoms with E-state index in [1.54, 1.807) is 36.6 Å². The molecule has 0 radical (unpaired) electrons. The van der Waals surface area contributed by atoms with Crippen LogP contribution in [-0.2, 0) is 9.59 Å². The molecule has 0 amide bonds. The number of carbonyl (C=O) groups excluding carboxylic acids is 2. The van der Waals surface area contributed by atoms with Crippen LogP contribution in [-0.4, -0.2) is 17.8 Å². The summed E-state index contributed by atoms with van der Waals surface area (Å²) in [5, 5.41) is 18.4. The Morgan fingerprint density at radius 3 is 2.00 bits per heavy atom. The lowest BCUT2D eigenvalue weighted by Gasteiger charge is -2.14. The molecule has 0 aliphatic carbocycles. The Kier molecular flexibility index (Phi) is 6.99. The molecule has 0 unspecified atom stereocenters. The molecule has 0 N–H and O–H groups in total. The van der Waals surface area contributed by atoms with Crippen molar-refractivity contribution in [3.63, 3.8) is 0 Å². The van der Waals surface area contributed by atoms with Gasteiger partial charge < -0.3 is 0 Å². The molecule has 0 aliphatic rings. The first-order valence-corrected chi connectivity index (χ1v) is 8.05. The quantitative estimate of drug-likeness (QED) is 0.454. The van der Waals surface area contributed by atoms with Gasteiger partial charge in [0.1, 0.15) is 35.2 Å². The minimum atomic E-state index is -0.873. The number of thioether (sulfide) groups is 1. The highest BCUT2D eigenvalue weighted by Gasteiger charge is 2.24. The van der Waals surface area contributed by atoms with Crippen LogP contribution in [0.5, 0.6) is 0 Å². The number of nitrogens with zero attached hydrogens (tertiary/aromatic N) is 2. The largest absolute Gasteiger partial charge is 0.299 e. The third-order valence-corrected chi connectivity index (χ3v) is 4.02. The molecule has 0 bridgehead atoms. The average Bonchev–Trinajstić information content (AvgIpc) is 2.53. The first kappa shape index (κ1) is 18.4. The highest BCUT2D eigenvalue weighted by molar-refractivity contribution is 8.02. The topological polar surface area (TPSA) is 81.7 Å². The van der Waals surface area contributed by atoms with Gasteiger partial charge in [0.25, 0.3) is 0 Å². The van der Waals surface area contributed by atoms with Crippen molar-refractivity contribution in [2.24, 2.45) is 5.92 Å². The van der Waals surface area contributed by atoms with E-state index in [9.17, 15) is 20.1 Å². The summed E-state index contributed by atoms with van der Waals surface area (Å²) in [6.07, 6.45) is 3.35. The molecule has 0 atom stereocenters. The molecule has 0 heterocycles. The van der Waals surface area contributed by atoms with Crippen LogP contribution in [0.15, 0.2) is 46.9 Å². The number of hydrogen-bond acceptors (Lipinski definition) is 5.